The summed E-state index contributed by atoms with van der Waals surface area (Å²) in [7, 11) is -2.98. The molecule has 1 fully saturated rings. The van der Waals surface area contributed by atoms with E-state index in [-0.39, 0.29) is 23.6 Å². The van der Waals surface area contributed by atoms with E-state index in [4.69, 9.17) is 0 Å². The van der Waals surface area contributed by atoms with Crippen LogP contribution >= 0.6 is 0 Å². The highest BCUT2D eigenvalue weighted by Gasteiger charge is 2.29. The number of aryl methyl sites for hydroxylation is 1. The largest absolute Gasteiger partial charge is 0.326 e. The van der Waals surface area contributed by atoms with Crippen molar-refractivity contribution in [3.05, 3.63) is 42.7 Å². The Hall–Kier alpha value is -3.34. The van der Waals surface area contributed by atoms with Gasteiger partial charge in [-0.05, 0) is 33.3 Å². The van der Waals surface area contributed by atoms with Gasteiger partial charge in [-0.15, -0.1) is 0 Å². The van der Waals surface area contributed by atoms with Crippen LogP contribution in [-0.4, -0.2) is 54.2 Å². The highest BCUT2D eigenvalue weighted by molar-refractivity contribution is 7.91. The van der Waals surface area contributed by atoms with Gasteiger partial charge < -0.3 is 9.88 Å². The Morgan fingerprint density at radius 2 is 2.00 bits per heavy atom. The van der Waals surface area contributed by atoms with E-state index in [1.165, 1.54) is 0 Å². The predicted molar refractivity (Wildman–Crippen MR) is 121 cm³/mol. The average molecular weight is 453 g/mol. The molecule has 0 aliphatic carbocycles. The maximum Gasteiger partial charge on any atom is 0.164 e. The highest BCUT2D eigenvalue weighted by atomic mass is 32.2. The van der Waals surface area contributed by atoms with Gasteiger partial charge in [0.05, 0.1) is 41.0 Å². The van der Waals surface area contributed by atoms with Gasteiger partial charge >= 0.3 is 0 Å². The van der Waals surface area contributed by atoms with Crippen molar-refractivity contribution in [2.45, 2.75) is 39.3 Å². The molecule has 1 atom stereocenters. The van der Waals surface area contributed by atoms with E-state index in [1.54, 1.807) is 35.5 Å². The number of imidazole rings is 1. The second-order valence-electron chi connectivity index (χ2n) is 8.34. The van der Waals surface area contributed by atoms with Crippen molar-refractivity contribution in [1.82, 2.24) is 34.3 Å². The molecule has 0 spiro atoms. The molecule has 1 N–H and O–H groups in total. The first-order chi connectivity index (χ1) is 15.3. The summed E-state index contributed by atoms with van der Waals surface area (Å²) < 4.78 is 27.4. The number of sulfone groups is 1. The van der Waals surface area contributed by atoms with E-state index < -0.39 is 9.84 Å². The second kappa shape index (κ2) is 7.66. The lowest BCUT2D eigenvalue weighted by molar-refractivity contribution is 0.500. The van der Waals surface area contributed by atoms with Crippen LogP contribution in [0.25, 0.3) is 22.4 Å². The number of anilines is 2. The fourth-order valence-electron chi connectivity index (χ4n) is 4.18. The number of rotatable bonds is 5. The lowest BCUT2D eigenvalue weighted by Gasteiger charge is -2.11. The molecule has 0 saturated carbocycles. The van der Waals surface area contributed by atoms with E-state index in [2.05, 4.69) is 48.8 Å². The maximum atomic E-state index is 11.8. The minimum absolute atomic E-state index is 0.122. The highest BCUT2D eigenvalue weighted by Crippen LogP contribution is 2.26. The van der Waals surface area contributed by atoms with E-state index in [9.17, 15) is 8.42 Å². The monoisotopic (exact) mass is 452 g/mol. The topological polar surface area (TPSA) is 120 Å². The normalized spacial score (nSPS) is 17.9. The second-order valence-corrected chi connectivity index (χ2v) is 10.6. The standard InChI is InChI=1S/C21H24N8O2S/c1-13(2)29-14(3)25-17-10-23-20(8-18(17)29)26-19-4-6-22-21(27-19)15-9-24-28(11-15)16-5-7-32(30,31)12-16/h4,6,8-11,13,16H,5,7,12H2,1-3H3,(H,22,23,26,27). The van der Waals surface area contributed by atoms with E-state index in [1.807, 2.05) is 13.0 Å². The zero-order valence-corrected chi connectivity index (χ0v) is 18.9. The lowest BCUT2D eigenvalue weighted by atomic mass is 10.2. The number of hydrogen-bond acceptors (Lipinski definition) is 8. The third-order valence-corrected chi connectivity index (χ3v) is 7.37. The van der Waals surface area contributed by atoms with Crippen LogP contribution in [0.4, 0.5) is 11.6 Å². The number of fused-ring (bicyclic) bond motifs is 1. The molecule has 5 rings (SSSR count). The number of nitrogens with one attached hydrogen (secondary N) is 1. The summed E-state index contributed by atoms with van der Waals surface area (Å²) in [6.07, 6.45) is 7.47. The van der Waals surface area contributed by atoms with Crippen molar-refractivity contribution in [1.29, 1.82) is 0 Å². The molecule has 1 saturated heterocycles. The Morgan fingerprint density at radius 3 is 2.75 bits per heavy atom. The van der Waals surface area contributed by atoms with Gasteiger partial charge in [0, 0.05) is 24.5 Å². The van der Waals surface area contributed by atoms with E-state index in [0.29, 0.717) is 23.9 Å². The van der Waals surface area contributed by atoms with Gasteiger partial charge in [-0.1, -0.05) is 0 Å². The van der Waals surface area contributed by atoms with Crippen LogP contribution in [0.2, 0.25) is 0 Å². The molecule has 0 radical (unpaired) electrons. The molecule has 4 aromatic heterocycles. The quantitative estimate of drug-likeness (QED) is 0.490. The number of pyridine rings is 1. The molecule has 11 heteroatoms. The fraction of sp³-hybridized carbons (Fsp3) is 0.381. The number of nitrogens with zero attached hydrogens (tertiary/aromatic N) is 7. The first-order valence-corrected chi connectivity index (χ1v) is 12.3. The van der Waals surface area contributed by atoms with Crippen LogP contribution in [-0.2, 0) is 9.84 Å². The van der Waals surface area contributed by atoms with Gasteiger partial charge in [-0.25, -0.2) is 28.4 Å². The molecule has 0 bridgehead atoms. The Bertz CT molecular complexity index is 1410. The van der Waals surface area contributed by atoms with Gasteiger partial charge in [-0.3, -0.25) is 4.68 Å². The summed E-state index contributed by atoms with van der Waals surface area (Å²) in [6.45, 7) is 6.24. The molecular weight excluding hydrogens is 428 g/mol. The molecule has 4 aromatic rings. The maximum absolute atomic E-state index is 11.8. The average Bonchev–Trinajstić information content (AvgIpc) is 3.44. The molecule has 10 nitrogen and oxygen atoms in total. The summed E-state index contributed by atoms with van der Waals surface area (Å²) >= 11 is 0. The van der Waals surface area contributed by atoms with E-state index in [0.717, 1.165) is 22.4 Å². The van der Waals surface area contributed by atoms with Gasteiger partial charge in [0.15, 0.2) is 15.7 Å². The molecule has 0 aromatic carbocycles. The molecule has 1 aliphatic heterocycles. The lowest BCUT2D eigenvalue weighted by Crippen LogP contribution is -2.11. The van der Waals surface area contributed by atoms with Crippen LogP contribution in [0.5, 0.6) is 0 Å². The fourth-order valence-corrected chi connectivity index (χ4v) is 5.88. The molecule has 5 heterocycles. The van der Waals surface area contributed by atoms with Crippen LogP contribution in [0.15, 0.2) is 36.9 Å². The van der Waals surface area contributed by atoms with Crippen LogP contribution < -0.4 is 5.32 Å². The summed E-state index contributed by atoms with van der Waals surface area (Å²) in [5, 5.41) is 7.59. The van der Waals surface area contributed by atoms with Gasteiger partial charge in [0.2, 0.25) is 0 Å². The Labute approximate surface area is 185 Å². The molecule has 166 valence electrons. The molecular formula is C21H24N8O2S. The van der Waals surface area contributed by atoms with Crippen molar-refractivity contribution >= 4 is 32.5 Å². The zero-order valence-electron chi connectivity index (χ0n) is 18.1. The first-order valence-electron chi connectivity index (χ1n) is 10.5. The van der Waals surface area contributed by atoms with Crippen LogP contribution in [0, 0.1) is 6.92 Å². The van der Waals surface area contributed by atoms with Crippen molar-refractivity contribution in [2.75, 3.05) is 16.8 Å². The molecule has 32 heavy (non-hydrogen) atoms. The van der Waals surface area contributed by atoms with Crippen LogP contribution in [0.3, 0.4) is 0 Å². The van der Waals surface area contributed by atoms with Crippen molar-refractivity contribution in [3.8, 4) is 11.4 Å². The number of aromatic nitrogens is 7. The summed E-state index contributed by atoms with van der Waals surface area (Å²) in [6, 6.07) is 3.89. The summed E-state index contributed by atoms with van der Waals surface area (Å²) in [5.41, 5.74) is 2.60. The van der Waals surface area contributed by atoms with E-state index >= 15 is 0 Å². The van der Waals surface area contributed by atoms with Gasteiger partial charge in [0.25, 0.3) is 0 Å². The molecule has 1 unspecified atom stereocenters. The van der Waals surface area contributed by atoms with Crippen molar-refractivity contribution in [2.24, 2.45) is 0 Å². The molecule has 0 amide bonds. The Morgan fingerprint density at radius 1 is 1.16 bits per heavy atom. The summed E-state index contributed by atoms with van der Waals surface area (Å²) in [5.74, 6) is 3.05. The minimum Gasteiger partial charge on any atom is -0.326 e. The van der Waals surface area contributed by atoms with Crippen molar-refractivity contribution < 1.29 is 8.42 Å². The van der Waals surface area contributed by atoms with Crippen molar-refractivity contribution in [3.63, 3.8) is 0 Å². The third kappa shape index (κ3) is 3.83. The number of hydrogen-bond donors (Lipinski definition) is 1. The smallest absolute Gasteiger partial charge is 0.164 e. The summed E-state index contributed by atoms with van der Waals surface area (Å²) in [4.78, 5) is 18.0. The van der Waals surface area contributed by atoms with Crippen LogP contribution in [0.1, 0.15) is 38.2 Å². The SMILES string of the molecule is Cc1nc2cnc(Nc3ccnc(-c4cnn(C5CCS(=O)(=O)C5)c4)n3)cc2n1C(C)C. The Kier molecular flexibility index (Phi) is 4.92. The third-order valence-electron chi connectivity index (χ3n) is 5.62. The zero-order chi connectivity index (χ0) is 22.5. The van der Waals surface area contributed by atoms with Gasteiger partial charge in [-0.2, -0.15) is 5.10 Å². The minimum atomic E-state index is -2.98. The Balaban J connectivity index is 1.40. The molecule has 1 aliphatic rings. The van der Waals surface area contributed by atoms with Gasteiger partial charge in [0.1, 0.15) is 23.0 Å². The predicted octanol–water partition coefficient (Wildman–Crippen LogP) is 3.08. The first kappa shape index (κ1) is 20.6.